The highest BCUT2D eigenvalue weighted by atomic mass is 35.5. The van der Waals surface area contributed by atoms with Crippen molar-refractivity contribution in [2.75, 3.05) is 11.4 Å². The molecule has 1 aliphatic heterocycles. The maximum Gasteiger partial charge on any atom is 0.240 e. The average Bonchev–Trinajstić information content (AvgIpc) is 2.95. The van der Waals surface area contributed by atoms with Crippen LogP contribution in [0.1, 0.15) is 12.8 Å². The zero-order valence-corrected chi connectivity index (χ0v) is 10.9. The second-order valence-electron chi connectivity index (χ2n) is 4.08. The molecular formula is C10H10ClN5OS. The number of carbonyl (C=O) groups excluding carboxylic acids is 1. The van der Waals surface area contributed by atoms with Gasteiger partial charge in [-0.15, -0.1) is 11.3 Å². The van der Waals surface area contributed by atoms with Crippen LogP contribution >= 0.6 is 22.9 Å². The Balaban J connectivity index is 2.13. The van der Waals surface area contributed by atoms with Crippen LogP contribution in [-0.4, -0.2) is 33.4 Å². The molecule has 18 heavy (non-hydrogen) atoms. The van der Waals surface area contributed by atoms with E-state index in [1.54, 1.807) is 5.51 Å². The van der Waals surface area contributed by atoms with Crippen molar-refractivity contribution >= 4 is 45.0 Å². The van der Waals surface area contributed by atoms with Crippen LogP contribution < -0.4 is 10.6 Å². The fourth-order valence-corrected chi connectivity index (χ4v) is 3.11. The predicted octanol–water partition coefficient (Wildman–Crippen LogP) is 1.19. The number of rotatable bonds is 2. The van der Waals surface area contributed by atoms with Crippen LogP contribution in [0.3, 0.4) is 0 Å². The number of amides is 1. The van der Waals surface area contributed by atoms with Gasteiger partial charge in [-0.2, -0.15) is 4.98 Å². The molecule has 1 unspecified atom stereocenters. The van der Waals surface area contributed by atoms with E-state index >= 15 is 0 Å². The lowest BCUT2D eigenvalue weighted by Crippen LogP contribution is -2.40. The number of thiazole rings is 1. The number of aromatic nitrogens is 3. The zero-order chi connectivity index (χ0) is 12.7. The maximum atomic E-state index is 11.4. The minimum absolute atomic E-state index is 0.164. The van der Waals surface area contributed by atoms with Gasteiger partial charge in [-0.25, -0.2) is 9.97 Å². The molecule has 1 atom stereocenters. The number of hydrogen-bond acceptors (Lipinski definition) is 6. The Labute approximate surface area is 112 Å². The lowest BCUT2D eigenvalue weighted by molar-refractivity contribution is -0.119. The summed E-state index contributed by atoms with van der Waals surface area (Å²) < 4.78 is 0. The molecule has 94 valence electrons. The first-order valence-corrected chi connectivity index (χ1v) is 6.75. The van der Waals surface area contributed by atoms with Gasteiger partial charge in [-0.3, -0.25) is 4.79 Å². The summed E-state index contributed by atoms with van der Waals surface area (Å²) in [5, 5.41) is 0.164. The van der Waals surface area contributed by atoms with Crippen molar-refractivity contribution in [3.05, 3.63) is 10.8 Å². The number of halogens is 1. The monoisotopic (exact) mass is 283 g/mol. The number of hydrogen-bond donors (Lipinski definition) is 1. The van der Waals surface area contributed by atoms with Gasteiger partial charge in [-0.05, 0) is 24.4 Å². The summed E-state index contributed by atoms with van der Waals surface area (Å²) in [6.45, 7) is 0.730. The lowest BCUT2D eigenvalue weighted by Gasteiger charge is -2.23. The van der Waals surface area contributed by atoms with Gasteiger partial charge in [0.25, 0.3) is 0 Å². The van der Waals surface area contributed by atoms with Crippen LogP contribution in [0.15, 0.2) is 5.51 Å². The third-order valence-corrected chi connectivity index (χ3v) is 3.89. The SMILES string of the molecule is NC(=O)C1CCCN1c1nc(Cl)nc2scnc12. The van der Waals surface area contributed by atoms with Gasteiger partial charge in [0, 0.05) is 6.54 Å². The summed E-state index contributed by atoms with van der Waals surface area (Å²) in [5.74, 6) is 0.262. The molecule has 8 heteroatoms. The molecule has 0 aliphatic carbocycles. The Morgan fingerprint density at radius 3 is 3.17 bits per heavy atom. The van der Waals surface area contributed by atoms with Crippen molar-refractivity contribution in [1.82, 2.24) is 15.0 Å². The number of anilines is 1. The summed E-state index contributed by atoms with van der Waals surface area (Å²) in [6, 6.07) is -0.333. The van der Waals surface area contributed by atoms with E-state index in [0.717, 1.165) is 24.2 Å². The van der Waals surface area contributed by atoms with Gasteiger partial charge in [0.1, 0.15) is 11.6 Å². The van der Waals surface area contributed by atoms with Crippen LogP contribution in [0.5, 0.6) is 0 Å². The predicted molar refractivity (Wildman–Crippen MR) is 69.8 cm³/mol. The van der Waals surface area contributed by atoms with Gasteiger partial charge in [0.15, 0.2) is 10.6 Å². The molecule has 1 amide bonds. The minimum atomic E-state index is -0.342. The molecule has 3 heterocycles. The number of primary amides is 1. The first-order valence-electron chi connectivity index (χ1n) is 5.49. The molecule has 2 N–H and O–H groups in total. The first kappa shape index (κ1) is 11.6. The van der Waals surface area contributed by atoms with E-state index in [-0.39, 0.29) is 17.2 Å². The van der Waals surface area contributed by atoms with Crippen molar-refractivity contribution in [3.63, 3.8) is 0 Å². The van der Waals surface area contributed by atoms with Gasteiger partial charge >= 0.3 is 0 Å². The standard InChI is InChI=1S/C10H10ClN5OS/c11-10-14-8(6-9(15-10)18-4-13-6)16-3-1-2-5(16)7(12)17/h4-5H,1-3H2,(H2,12,17). The Morgan fingerprint density at radius 2 is 2.39 bits per heavy atom. The van der Waals surface area contributed by atoms with Crippen molar-refractivity contribution in [3.8, 4) is 0 Å². The Morgan fingerprint density at radius 1 is 1.56 bits per heavy atom. The van der Waals surface area contributed by atoms with E-state index < -0.39 is 0 Å². The average molecular weight is 284 g/mol. The molecular weight excluding hydrogens is 274 g/mol. The van der Waals surface area contributed by atoms with E-state index in [0.29, 0.717) is 11.3 Å². The number of nitrogens with zero attached hydrogens (tertiary/aromatic N) is 4. The van der Waals surface area contributed by atoms with Crippen LogP contribution in [0.2, 0.25) is 5.28 Å². The van der Waals surface area contributed by atoms with Crippen LogP contribution in [0.25, 0.3) is 10.3 Å². The molecule has 3 rings (SSSR count). The molecule has 1 aliphatic rings. The largest absolute Gasteiger partial charge is 0.368 e. The summed E-state index contributed by atoms with van der Waals surface area (Å²) in [7, 11) is 0. The summed E-state index contributed by atoms with van der Waals surface area (Å²) >= 11 is 7.29. The molecule has 1 fully saturated rings. The topological polar surface area (TPSA) is 85.0 Å². The lowest BCUT2D eigenvalue weighted by atomic mass is 10.2. The van der Waals surface area contributed by atoms with Gasteiger partial charge in [-0.1, -0.05) is 0 Å². The second kappa shape index (κ2) is 4.33. The van der Waals surface area contributed by atoms with Crippen molar-refractivity contribution < 1.29 is 4.79 Å². The second-order valence-corrected chi connectivity index (χ2v) is 5.25. The third-order valence-electron chi connectivity index (χ3n) is 3.01. The fourth-order valence-electron chi connectivity index (χ4n) is 2.24. The highest BCUT2D eigenvalue weighted by Gasteiger charge is 2.32. The molecule has 2 aromatic rings. The van der Waals surface area contributed by atoms with E-state index in [2.05, 4.69) is 15.0 Å². The van der Waals surface area contributed by atoms with Crippen LogP contribution in [0.4, 0.5) is 5.82 Å². The maximum absolute atomic E-state index is 11.4. The highest BCUT2D eigenvalue weighted by molar-refractivity contribution is 7.16. The number of fused-ring (bicyclic) bond motifs is 1. The van der Waals surface area contributed by atoms with E-state index in [4.69, 9.17) is 17.3 Å². The van der Waals surface area contributed by atoms with Crippen LogP contribution in [0, 0.1) is 0 Å². The van der Waals surface area contributed by atoms with Gasteiger partial charge < -0.3 is 10.6 Å². The zero-order valence-electron chi connectivity index (χ0n) is 9.34. The molecule has 1 saturated heterocycles. The fraction of sp³-hybridized carbons (Fsp3) is 0.400. The quantitative estimate of drug-likeness (QED) is 0.837. The first-order chi connectivity index (χ1) is 8.66. The number of nitrogens with two attached hydrogens (primary N) is 1. The summed E-state index contributed by atoms with van der Waals surface area (Å²) in [5.41, 5.74) is 7.78. The van der Waals surface area contributed by atoms with Crippen molar-refractivity contribution in [1.29, 1.82) is 0 Å². The molecule has 0 bridgehead atoms. The smallest absolute Gasteiger partial charge is 0.240 e. The highest BCUT2D eigenvalue weighted by Crippen LogP contribution is 2.31. The molecule has 0 spiro atoms. The Kier molecular flexibility index (Phi) is 2.79. The molecule has 0 radical (unpaired) electrons. The molecule has 0 saturated carbocycles. The molecule has 0 aromatic carbocycles. The Hall–Kier alpha value is -1.47. The van der Waals surface area contributed by atoms with Crippen molar-refractivity contribution in [2.24, 2.45) is 5.73 Å². The molecule has 6 nitrogen and oxygen atoms in total. The third kappa shape index (κ3) is 1.79. The normalized spacial score (nSPS) is 19.6. The molecule has 2 aromatic heterocycles. The Bertz CT molecular complexity index is 615. The summed E-state index contributed by atoms with van der Waals surface area (Å²) in [4.78, 5) is 26.6. The van der Waals surface area contributed by atoms with E-state index in [1.807, 2.05) is 4.90 Å². The number of carbonyl (C=O) groups is 1. The summed E-state index contributed by atoms with van der Waals surface area (Å²) in [6.07, 6.45) is 1.64. The van der Waals surface area contributed by atoms with E-state index in [9.17, 15) is 4.79 Å². The van der Waals surface area contributed by atoms with Gasteiger partial charge in [0.2, 0.25) is 11.2 Å². The van der Waals surface area contributed by atoms with Crippen molar-refractivity contribution in [2.45, 2.75) is 18.9 Å². The van der Waals surface area contributed by atoms with E-state index in [1.165, 1.54) is 11.3 Å². The minimum Gasteiger partial charge on any atom is -0.368 e. The van der Waals surface area contributed by atoms with Gasteiger partial charge in [0.05, 0.1) is 5.51 Å². The van der Waals surface area contributed by atoms with Crippen LogP contribution in [-0.2, 0) is 4.79 Å².